The minimum Gasteiger partial charge on any atom is -0.454 e. The highest BCUT2D eigenvalue weighted by Gasteiger charge is 2.19. The molecule has 0 aliphatic carbocycles. The van der Waals surface area contributed by atoms with E-state index >= 15 is 0 Å². The quantitative estimate of drug-likeness (QED) is 0.262. The molecule has 2 aromatic rings. The Bertz CT molecular complexity index is 885. The fourth-order valence-electron chi connectivity index (χ4n) is 1.95. The number of nitro groups is 1. The third-order valence-electron chi connectivity index (χ3n) is 3.29. The molecule has 0 saturated carbocycles. The van der Waals surface area contributed by atoms with Crippen LogP contribution in [0, 0.1) is 28.7 Å². The first-order valence-corrected chi connectivity index (χ1v) is 7.18. The summed E-state index contributed by atoms with van der Waals surface area (Å²) in [5.41, 5.74) is -0.349. The normalized spacial score (nSPS) is 10.4. The van der Waals surface area contributed by atoms with Crippen LogP contribution >= 0.6 is 11.6 Å². The first kappa shape index (κ1) is 18.5. The summed E-state index contributed by atoms with van der Waals surface area (Å²) >= 11 is 5.63. The van der Waals surface area contributed by atoms with E-state index in [4.69, 9.17) is 16.3 Å². The van der Waals surface area contributed by atoms with E-state index in [0.29, 0.717) is 17.7 Å². The lowest BCUT2D eigenvalue weighted by Crippen LogP contribution is -2.15. The van der Waals surface area contributed by atoms with Crippen molar-refractivity contribution in [3.8, 4) is 0 Å². The molecule has 0 radical (unpaired) electrons. The number of hydrogen-bond donors (Lipinski definition) is 0. The number of rotatable bonds is 5. The van der Waals surface area contributed by atoms with E-state index in [1.54, 1.807) is 0 Å². The van der Waals surface area contributed by atoms with E-state index in [2.05, 4.69) is 0 Å². The number of Topliss-reactive ketones (excluding diaryl/α,β-unsaturated/α-hetero) is 1. The van der Waals surface area contributed by atoms with Gasteiger partial charge in [-0.05, 0) is 19.1 Å². The third kappa shape index (κ3) is 4.16. The number of aryl methyl sites for hydroxylation is 1. The first-order chi connectivity index (χ1) is 11.7. The molecule has 0 bridgehead atoms. The average Bonchev–Trinajstić information content (AvgIpc) is 2.55. The van der Waals surface area contributed by atoms with Crippen molar-refractivity contribution in [2.45, 2.75) is 6.92 Å². The number of ether oxygens (including phenoxy) is 1. The lowest BCUT2D eigenvalue weighted by atomic mass is 10.1. The number of nitrogens with zero attached hydrogens (tertiary/aromatic N) is 1. The molecule has 0 fully saturated rings. The smallest absolute Gasteiger partial charge is 0.340 e. The minimum atomic E-state index is -1.29. The zero-order chi connectivity index (χ0) is 18.7. The van der Waals surface area contributed by atoms with Crippen molar-refractivity contribution >= 4 is 29.0 Å². The molecule has 0 atom stereocenters. The van der Waals surface area contributed by atoms with Gasteiger partial charge in [0.1, 0.15) is 0 Å². The fourth-order valence-corrected chi connectivity index (χ4v) is 2.18. The number of carbonyl (C=O) groups excluding carboxylic acids is 2. The Morgan fingerprint density at radius 1 is 1.20 bits per heavy atom. The lowest BCUT2D eigenvalue weighted by molar-refractivity contribution is -0.385. The van der Waals surface area contributed by atoms with Crippen molar-refractivity contribution in [2.75, 3.05) is 6.61 Å². The van der Waals surface area contributed by atoms with Gasteiger partial charge in [-0.25, -0.2) is 13.6 Å². The van der Waals surface area contributed by atoms with Gasteiger partial charge in [-0.1, -0.05) is 23.7 Å². The zero-order valence-corrected chi connectivity index (χ0v) is 13.5. The summed E-state index contributed by atoms with van der Waals surface area (Å²) in [6.07, 6.45) is 0. The van der Waals surface area contributed by atoms with Crippen LogP contribution in [-0.2, 0) is 4.74 Å². The average molecular weight is 370 g/mol. The van der Waals surface area contributed by atoms with Crippen LogP contribution in [0.2, 0.25) is 5.02 Å². The fraction of sp³-hybridized carbons (Fsp3) is 0.125. The van der Waals surface area contributed by atoms with E-state index in [1.807, 2.05) is 0 Å². The second-order valence-corrected chi connectivity index (χ2v) is 5.41. The van der Waals surface area contributed by atoms with Gasteiger partial charge in [-0.15, -0.1) is 0 Å². The largest absolute Gasteiger partial charge is 0.454 e. The van der Waals surface area contributed by atoms with Crippen LogP contribution in [0.5, 0.6) is 0 Å². The number of benzene rings is 2. The van der Waals surface area contributed by atoms with Crippen molar-refractivity contribution in [1.82, 2.24) is 0 Å². The van der Waals surface area contributed by atoms with Gasteiger partial charge in [0, 0.05) is 17.2 Å². The topological polar surface area (TPSA) is 86.5 Å². The highest BCUT2D eigenvalue weighted by molar-refractivity contribution is 6.33. The molecular formula is C16H10ClF2NO5. The summed E-state index contributed by atoms with van der Waals surface area (Å²) in [6.45, 7) is 0.770. The molecule has 0 spiro atoms. The Morgan fingerprint density at radius 2 is 1.84 bits per heavy atom. The molecular weight excluding hydrogens is 360 g/mol. The summed E-state index contributed by atoms with van der Waals surface area (Å²) in [7, 11) is 0. The van der Waals surface area contributed by atoms with Gasteiger partial charge >= 0.3 is 5.97 Å². The number of esters is 1. The van der Waals surface area contributed by atoms with Gasteiger partial charge < -0.3 is 4.74 Å². The Morgan fingerprint density at radius 3 is 2.48 bits per heavy atom. The molecule has 6 nitrogen and oxygen atoms in total. The van der Waals surface area contributed by atoms with Gasteiger partial charge in [0.15, 0.2) is 18.2 Å². The van der Waals surface area contributed by atoms with Crippen molar-refractivity contribution < 1.29 is 28.0 Å². The number of halogens is 3. The van der Waals surface area contributed by atoms with Crippen LogP contribution in [0.25, 0.3) is 0 Å². The van der Waals surface area contributed by atoms with Crippen LogP contribution in [0.4, 0.5) is 14.5 Å². The monoisotopic (exact) mass is 369 g/mol. The Hall–Kier alpha value is -2.87. The van der Waals surface area contributed by atoms with Crippen LogP contribution in [-0.4, -0.2) is 23.3 Å². The number of nitro benzene ring substituents is 1. The van der Waals surface area contributed by atoms with E-state index < -0.39 is 40.5 Å². The predicted molar refractivity (Wildman–Crippen MR) is 83.8 cm³/mol. The molecule has 2 rings (SSSR count). The molecule has 130 valence electrons. The maximum atomic E-state index is 13.2. The van der Waals surface area contributed by atoms with E-state index in [0.717, 1.165) is 6.07 Å². The number of ketones is 1. The van der Waals surface area contributed by atoms with E-state index in [-0.39, 0.29) is 16.3 Å². The summed E-state index contributed by atoms with van der Waals surface area (Å²) in [5, 5.41) is 10.5. The van der Waals surface area contributed by atoms with Gasteiger partial charge in [0.05, 0.1) is 15.5 Å². The molecule has 9 heteroatoms. The molecule has 2 aromatic carbocycles. The van der Waals surface area contributed by atoms with Gasteiger partial charge in [-0.3, -0.25) is 14.9 Å². The third-order valence-corrected chi connectivity index (χ3v) is 3.60. The van der Waals surface area contributed by atoms with Crippen LogP contribution < -0.4 is 0 Å². The van der Waals surface area contributed by atoms with E-state index in [9.17, 15) is 28.5 Å². The highest BCUT2D eigenvalue weighted by atomic mass is 35.5. The molecule has 0 aromatic heterocycles. The zero-order valence-electron chi connectivity index (χ0n) is 12.7. The van der Waals surface area contributed by atoms with Crippen LogP contribution in [0.1, 0.15) is 26.3 Å². The summed E-state index contributed by atoms with van der Waals surface area (Å²) < 4.78 is 30.9. The Kier molecular flexibility index (Phi) is 5.43. The first-order valence-electron chi connectivity index (χ1n) is 6.80. The SMILES string of the molecule is Cc1ccc(C(=O)COC(=O)c2cc(F)c(F)cc2Cl)cc1[N+](=O)[O-]. The molecule has 0 aliphatic rings. The molecule has 0 aliphatic heterocycles. The standard InChI is InChI=1S/C16H10ClF2NO5/c1-8-2-3-9(4-14(8)20(23)24)15(21)7-25-16(22)10-5-12(18)13(19)6-11(10)17/h2-6H,7H2,1H3. The molecule has 0 amide bonds. The Balaban J connectivity index is 2.12. The lowest BCUT2D eigenvalue weighted by Gasteiger charge is -2.07. The highest BCUT2D eigenvalue weighted by Crippen LogP contribution is 2.22. The van der Waals surface area contributed by atoms with Crippen LogP contribution in [0.15, 0.2) is 30.3 Å². The van der Waals surface area contributed by atoms with Gasteiger partial charge in [-0.2, -0.15) is 0 Å². The Labute approximate surface area is 145 Å². The van der Waals surface area contributed by atoms with Gasteiger partial charge in [0.25, 0.3) is 5.69 Å². The van der Waals surface area contributed by atoms with Crippen LogP contribution in [0.3, 0.4) is 0 Å². The maximum absolute atomic E-state index is 13.2. The predicted octanol–water partition coefficient (Wildman–Crippen LogP) is 3.87. The second-order valence-electron chi connectivity index (χ2n) is 5.00. The summed E-state index contributed by atoms with van der Waals surface area (Å²) in [5.74, 6) is -4.35. The van der Waals surface area contributed by atoms with Crippen molar-refractivity contribution in [1.29, 1.82) is 0 Å². The van der Waals surface area contributed by atoms with E-state index in [1.165, 1.54) is 19.1 Å². The molecule has 0 N–H and O–H groups in total. The molecule has 25 heavy (non-hydrogen) atoms. The second kappa shape index (κ2) is 7.35. The van der Waals surface area contributed by atoms with Crippen molar-refractivity contribution in [3.05, 3.63) is 73.8 Å². The number of carbonyl (C=O) groups is 2. The maximum Gasteiger partial charge on any atom is 0.340 e. The van der Waals surface area contributed by atoms with Crippen molar-refractivity contribution in [3.63, 3.8) is 0 Å². The minimum absolute atomic E-state index is 0.0264. The number of hydrogen-bond acceptors (Lipinski definition) is 5. The molecule has 0 heterocycles. The molecule has 0 unspecified atom stereocenters. The molecule has 0 saturated heterocycles. The van der Waals surface area contributed by atoms with Crippen molar-refractivity contribution in [2.24, 2.45) is 0 Å². The summed E-state index contributed by atoms with van der Waals surface area (Å²) in [6, 6.07) is 4.97. The van der Waals surface area contributed by atoms with Gasteiger partial charge in [0.2, 0.25) is 5.78 Å². The summed E-state index contributed by atoms with van der Waals surface area (Å²) in [4.78, 5) is 34.1.